The highest BCUT2D eigenvalue weighted by Crippen LogP contribution is 2.27. The van der Waals surface area contributed by atoms with Crippen LogP contribution in [0.1, 0.15) is 15.9 Å². The summed E-state index contributed by atoms with van der Waals surface area (Å²) in [5.74, 6) is 0.838. The van der Waals surface area contributed by atoms with Gasteiger partial charge in [0.25, 0.3) is 5.91 Å². The van der Waals surface area contributed by atoms with Crippen molar-refractivity contribution in [3.05, 3.63) is 53.6 Å². The molecule has 0 spiro atoms. The van der Waals surface area contributed by atoms with Gasteiger partial charge < -0.3 is 14.8 Å². The second-order valence-electron chi connectivity index (χ2n) is 5.21. The Morgan fingerprint density at radius 1 is 1.07 bits per heavy atom. The molecule has 0 aliphatic heterocycles. The number of benzene rings is 2. The van der Waals surface area contributed by atoms with Gasteiger partial charge in [-0.3, -0.25) is 10.2 Å². The number of nitrogens with one attached hydrogen (secondary N) is 2. The molecule has 2 aromatic rings. The third-order valence-corrected chi connectivity index (χ3v) is 3.57. The quantitative estimate of drug-likeness (QED) is 0.576. The number of hydrogen-bond donors (Lipinski definition) is 2. The molecule has 0 bridgehead atoms. The van der Waals surface area contributed by atoms with Crippen molar-refractivity contribution >= 4 is 17.3 Å². The molecule has 27 heavy (non-hydrogen) atoms. The third kappa shape index (κ3) is 4.97. The van der Waals surface area contributed by atoms with E-state index in [1.807, 2.05) is 6.07 Å². The van der Waals surface area contributed by atoms with Crippen molar-refractivity contribution in [3.8, 4) is 23.6 Å². The topological polar surface area (TPSA) is 120 Å². The molecular weight excluding hydrogens is 346 g/mol. The van der Waals surface area contributed by atoms with Crippen LogP contribution in [0, 0.1) is 22.7 Å². The molecule has 8 heteroatoms. The number of methoxy groups -OCH3 is 2. The number of amides is 1. The van der Waals surface area contributed by atoms with E-state index in [4.69, 9.17) is 20.0 Å². The lowest BCUT2D eigenvalue weighted by Crippen LogP contribution is -2.23. The van der Waals surface area contributed by atoms with Crippen LogP contribution in [0.3, 0.4) is 0 Å². The molecule has 0 fully saturated rings. The largest absolute Gasteiger partial charge is 0.493 e. The Morgan fingerprint density at radius 2 is 1.78 bits per heavy atom. The average molecular weight is 363 g/mol. The number of nitrogens with zero attached hydrogens (tertiary/aromatic N) is 3. The molecule has 0 aliphatic carbocycles. The van der Waals surface area contributed by atoms with Gasteiger partial charge in [0.2, 0.25) is 5.71 Å². The zero-order valence-corrected chi connectivity index (χ0v) is 14.8. The number of para-hydroxylation sites is 1. The average Bonchev–Trinajstić information content (AvgIpc) is 2.72. The van der Waals surface area contributed by atoms with Crippen LogP contribution in [0.5, 0.6) is 11.5 Å². The number of hydrogen-bond acceptors (Lipinski definition) is 7. The van der Waals surface area contributed by atoms with E-state index >= 15 is 0 Å². The number of nitriles is 2. The van der Waals surface area contributed by atoms with E-state index in [1.54, 1.807) is 62.8 Å². The zero-order valence-electron chi connectivity index (χ0n) is 14.8. The highest BCUT2D eigenvalue weighted by molar-refractivity contribution is 6.10. The standard InChI is InChI=1S/C19H17N5O3/c1-26-17-8-7-13(9-18(17)27-2)12-22-19(25)15-5-3-4-6-16(15)24-23-14(10-20)11-21/h3-9,24H,12H2,1-2H3,(H,22,25). The van der Waals surface area contributed by atoms with Crippen LogP contribution in [-0.4, -0.2) is 25.8 Å². The van der Waals surface area contributed by atoms with Crippen molar-refractivity contribution in [2.75, 3.05) is 19.6 Å². The van der Waals surface area contributed by atoms with Crippen LogP contribution in [0.2, 0.25) is 0 Å². The summed E-state index contributed by atoms with van der Waals surface area (Å²) in [5.41, 5.74) is 3.78. The van der Waals surface area contributed by atoms with Crippen LogP contribution in [0.15, 0.2) is 47.6 Å². The summed E-state index contributed by atoms with van der Waals surface area (Å²) in [6.07, 6.45) is 0. The first-order valence-corrected chi connectivity index (χ1v) is 7.85. The molecule has 0 aromatic heterocycles. The summed E-state index contributed by atoms with van der Waals surface area (Å²) < 4.78 is 10.4. The van der Waals surface area contributed by atoms with Gasteiger partial charge in [0, 0.05) is 6.54 Å². The summed E-state index contributed by atoms with van der Waals surface area (Å²) in [6, 6.07) is 15.3. The Bertz CT molecular complexity index is 925. The van der Waals surface area contributed by atoms with Crippen LogP contribution in [0.4, 0.5) is 5.69 Å². The summed E-state index contributed by atoms with van der Waals surface area (Å²) in [5, 5.41) is 23.9. The highest BCUT2D eigenvalue weighted by atomic mass is 16.5. The van der Waals surface area contributed by atoms with E-state index in [0.717, 1.165) is 5.56 Å². The predicted octanol–water partition coefficient (Wildman–Crippen LogP) is 2.45. The first-order chi connectivity index (χ1) is 13.1. The molecule has 0 aliphatic rings. The lowest BCUT2D eigenvalue weighted by Gasteiger charge is -2.12. The lowest BCUT2D eigenvalue weighted by atomic mass is 10.1. The monoisotopic (exact) mass is 363 g/mol. The SMILES string of the molecule is COc1ccc(CNC(=O)c2ccccc2NN=C(C#N)C#N)cc1OC. The maximum absolute atomic E-state index is 12.5. The van der Waals surface area contributed by atoms with Crippen molar-refractivity contribution in [2.24, 2.45) is 5.10 Å². The molecule has 0 radical (unpaired) electrons. The Hall–Kier alpha value is -4.04. The van der Waals surface area contributed by atoms with Crippen LogP contribution >= 0.6 is 0 Å². The number of ether oxygens (including phenoxy) is 2. The molecule has 0 saturated heterocycles. The molecule has 0 heterocycles. The van der Waals surface area contributed by atoms with Gasteiger partial charge in [-0.05, 0) is 29.8 Å². The molecule has 0 unspecified atom stereocenters. The van der Waals surface area contributed by atoms with Crippen LogP contribution in [-0.2, 0) is 6.54 Å². The van der Waals surface area contributed by atoms with Gasteiger partial charge in [-0.1, -0.05) is 18.2 Å². The first-order valence-electron chi connectivity index (χ1n) is 7.85. The van der Waals surface area contributed by atoms with Gasteiger partial charge in [-0.15, -0.1) is 0 Å². The number of anilines is 1. The Balaban J connectivity index is 2.12. The number of carbonyl (C=O) groups is 1. The molecule has 1 amide bonds. The van der Waals surface area contributed by atoms with Crippen LogP contribution in [0.25, 0.3) is 0 Å². The van der Waals surface area contributed by atoms with Crippen molar-refractivity contribution in [2.45, 2.75) is 6.54 Å². The number of rotatable bonds is 7. The van der Waals surface area contributed by atoms with Gasteiger partial charge in [-0.2, -0.15) is 15.6 Å². The molecule has 0 atom stereocenters. The fourth-order valence-corrected chi connectivity index (χ4v) is 2.24. The van der Waals surface area contributed by atoms with Gasteiger partial charge in [0.15, 0.2) is 11.5 Å². The fourth-order valence-electron chi connectivity index (χ4n) is 2.24. The summed E-state index contributed by atoms with van der Waals surface area (Å²) >= 11 is 0. The molecule has 2 rings (SSSR count). The number of carbonyl (C=O) groups excluding carboxylic acids is 1. The predicted molar refractivity (Wildman–Crippen MR) is 99.4 cm³/mol. The second-order valence-corrected chi connectivity index (χ2v) is 5.21. The molecule has 2 N–H and O–H groups in total. The van der Waals surface area contributed by atoms with Gasteiger partial charge in [0.1, 0.15) is 12.1 Å². The van der Waals surface area contributed by atoms with E-state index in [0.29, 0.717) is 22.7 Å². The van der Waals surface area contributed by atoms with E-state index in [9.17, 15) is 4.79 Å². The lowest BCUT2D eigenvalue weighted by molar-refractivity contribution is 0.0951. The Kier molecular flexibility index (Phi) is 6.75. The van der Waals surface area contributed by atoms with E-state index < -0.39 is 0 Å². The van der Waals surface area contributed by atoms with Gasteiger partial charge >= 0.3 is 0 Å². The van der Waals surface area contributed by atoms with Gasteiger partial charge in [-0.25, -0.2) is 0 Å². The minimum Gasteiger partial charge on any atom is -0.493 e. The molecule has 2 aromatic carbocycles. The zero-order chi connectivity index (χ0) is 19.6. The molecule has 8 nitrogen and oxygen atoms in total. The van der Waals surface area contributed by atoms with Crippen molar-refractivity contribution < 1.29 is 14.3 Å². The highest BCUT2D eigenvalue weighted by Gasteiger charge is 2.11. The van der Waals surface area contributed by atoms with Gasteiger partial charge in [0.05, 0.1) is 25.5 Å². The summed E-state index contributed by atoms with van der Waals surface area (Å²) in [7, 11) is 3.09. The minimum absolute atomic E-state index is 0.276. The normalized spacial score (nSPS) is 9.33. The fraction of sp³-hybridized carbons (Fsp3) is 0.158. The summed E-state index contributed by atoms with van der Waals surface area (Å²) in [6.45, 7) is 0.276. The molecule has 0 saturated carbocycles. The third-order valence-electron chi connectivity index (χ3n) is 3.57. The maximum atomic E-state index is 12.5. The van der Waals surface area contributed by atoms with E-state index in [2.05, 4.69) is 15.8 Å². The molecular formula is C19H17N5O3. The van der Waals surface area contributed by atoms with Crippen LogP contribution < -0.4 is 20.2 Å². The number of hydrazone groups is 1. The van der Waals surface area contributed by atoms with Crippen molar-refractivity contribution in [1.29, 1.82) is 10.5 Å². The molecule has 136 valence electrons. The van der Waals surface area contributed by atoms with E-state index in [1.165, 1.54) is 0 Å². The maximum Gasteiger partial charge on any atom is 0.253 e. The second kappa shape index (κ2) is 9.44. The van der Waals surface area contributed by atoms with Crippen molar-refractivity contribution in [1.82, 2.24) is 5.32 Å². The first kappa shape index (κ1) is 19.3. The summed E-state index contributed by atoms with van der Waals surface area (Å²) in [4.78, 5) is 12.5. The minimum atomic E-state index is -0.337. The Morgan fingerprint density at radius 3 is 2.44 bits per heavy atom. The Labute approximate surface area is 156 Å². The van der Waals surface area contributed by atoms with Crippen molar-refractivity contribution in [3.63, 3.8) is 0 Å². The van der Waals surface area contributed by atoms with E-state index in [-0.39, 0.29) is 18.2 Å². The smallest absolute Gasteiger partial charge is 0.253 e.